The van der Waals surface area contributed by atoms with Crippen molar-refractivity contribution < 1.29 is 23.8 Å². The van der Waals surface area contributed by atoms with E-state index < -0.39 is 11.9 Å². The molecule has 2 atom stereocenters. The van der Waals surface area contributed by atoms with Crippen molar-refractivity contribution in [2.45, 2.75) is 84.0 Å². The molecule has 6 heteroatoms. The lowest BCUT2D eigenvalue weighted by atomic mass is 9.88. The number of ether oxygens (including phenoxy) is 2. The fraction of sp³-hybridized carbons (Fsp3) is 0.567. The van der Waals surface area contributed by atoms with Crippen LogP contribution in [0.2, 0.25) is 0 Å². The predicted molar refractivity (Wildman–Crippen MR) is 143 cm³/mol. The summed E-state index contributed by atoms with van der Waals surface area (Å²) in [4.78, 5) is 11.7. The largest absolute Gasteiger partial charge is 0.466 e. The Kier molecular flexibility index (Phi) is 12.5. The van der Waals surface area contributed by atoms with Crippen LogP contribution in [0.1, 0.15) is 64.5 Å². The van der Waals surface area contributed by atoms with Gasteiger partial charge in [-0.25, -0.2) is 4.39 Å². The molecule has 5 nitrogen and oxygen atoms in total. The molecule has 200 valence electrons. The SMILES string of the molecule is C=C/C=C\C(F)=C(\CCC(=O)OCC)C[C@@H](C)OC[C@H](O)CNC(C)(C)CC1Cc2ccccc2C1. The summed E-state index contributed by atoms with van der Waals surface area (Å²) in [5, 5.41) is 14.0. The number of esters is 1. The third-order valence-electron chi connectivity index (χ3n) is 6.51. The maximum atomic E-state index is 14.6. The molecule has 0 amide bonds. The van der Waals surface area contributed by atoms with Crippen LogP contribution in [0.5, 0.6) is 0 Å². The summed E-state index contributed by atoms with van der Waals surface area (Å²) < 4.78 is 25.4. The molecule has 0 radical (unpaired) electrons. The molecule has 0 unspecified atom stereocenters. The number of carbonyl (C=O) groups excluding carboxylic acids is 1. The van der Waals surface area contributed by atoms with Crippen LogP contribution in [0.3, 0.4) is 0 Å². The van der Waals surface area contributed by atoms with E-state index in [-0.39, 0.29) is 37.1 Å². The van der Waals surface area contributed by atoms with E-state index in [1.54, 1.807) is 6.92 Å². The minimum Gasteiger partial charge on any atom is -0.466 e. The lowest BCUT2D eigenvalue weighted by molar-refractivity contribution is -0.143. The highest BCUT2D eigenvalue weighted by molar-refractivity contribution is 5.69. The monoisotopic (exact) mass is 501 g/mol. The van der Waals surface area contributed by atoms with E-state index in [1.807, 2.05) is 6.92 Å². The summed E-state index contributed by atoms with van der Waals surface area (Å²) in [5.41, 5.74) is 3.28. The van der Waals surface area contributed by atoms with Crippen molar-refractivity contribution in [3.8, 4) is 0 Å². The molecule has 0 saturated carbocycles. The average Bonchev–Trinajstić information content (AvgIpc) is 3.24. The number of rotatable bonds is 16. The minimum atomic E-state index is -0.676. The van der Waals surface area contributed by atoms with Crippen LogP contribution in [-0.4, -0.2) is 48.6 Å². The van der Waals surface area contributed by atoms with Crippen molar-refractivity contribution in [3.63, 3.8) is 0 Å². The first kappa shape index (κ1) is 29.9. The van der Waals surface area contributed by atoms with Gasteiger partial charge < -0.3 is 19.9 Å². The number of hydrogen-bond acceptors (Lipinski definition) is 5. The number of allylic oxidation sites excluding steroid dienone is 4. The second-order valence-electron chi connectivity index (χ2n) is 10.4. The van der Waals surface area contributed by atoms with Gasteiger partial charge >= 0.3 is 5.97 Å². The van der Waals surface area contributed by atoms with Crippen LogP contribution >= 0.6 is 0 Å². The van der Waals surface area contributed by atoms with Gasteiger partial charge in [-0.2, -0.15) is 0 Å². The highest BCUT2D eigenvalue weighted by Crippen LogP contribution is 2.31. The van der Waals surface area contributed by atoms with Crippen molar-refractivity contribution >= 4 is 5.97 Å². The van der Waals surface area contributed by atoms with Crippen LogP contribution < -0.4 is 5.32 Å². The number of nitrogens with one attached hydrogen (secondary N) is 1. The summed E-state index contributed by atoms with van der Waals surface area (Å²) >= 11 is 0. The molecule has 36 heavy (non-hydrogen) atoms. The number of aliphatic hydroxyl groups excluding tert-OH is 1. The van der Waals surface area contributed by atoms with E-state index in [9.17, 15) is 14.3 Å². The maximum absolute atomic E-state index is 14.6. The fourth-order valence-corrected chi connectivity index (χ4v) is 4.80. The predicted octanol–water partition coefficient (Wildman–Crippen LogP) is 5.62. The molecule has 0 spiro atoms. The lowest BCUT2D eigenvalue weighted by Gasteiger charge is -2.30. The third-order valence-corrected chi connectivity index (χ3v) is 6.51. The molecule has 0 aromatic heterocycles. The van der Waals surface area contributed by atoms with Gasteiger partial charge in [0.2, 0.25) is 0 Å². The number of β-amino-alcohol motifs (C(OH)–C–C–N with tert-alkyl or cyclic N) is 1. The van der Waals surface area contributed by atoms with Gasteiger partial charge in [-0.3, -0.25) is 4.79 Å². The Hall–Kier alpha value is -2.28. The van der Waals surface area contributed by atoms with Crippen molar-refractivity contribution in [2.24, 2.45) is 5.92 Å². The quantitative estimate of drug-likeness (QED) is 0.227. The second-order valence-corrected chi connectivity index (χ2v) is 10.4. The van der Waals surface area contributed by atoms with E-state index in [4.69, 9.17) is 9.47 Å². The highest BCUT2D eigenvalue weighted by atomic mass is 19.1. The molecule has 1 aromatic rings. The van der Waals surface area contributed by atoms with Crippen LogP contribution in [0.15, 0.2) is 60.5 Å². The van der Waals surface area contributed by atoms with Gasteiger partial charge in [0.25, 0.3) is 0 Å². The first-order valence-corrected chi connectivity index (χ1v) is 13.1. The highest BCUT2D eigenvalue weighted by Gasteiger charge is 2.28. The summed E-state index contributed by atoms with van der Waals surface area (Å²) in [6.45, 7) is 12.4. The van der Waals surface area contributed by atoms with Gasteiger partial charge in [-0.1, -0.05) is 43.0 Å². The van der Waals surface area contributed by atoms with Gasteiger partial charge in [-0.15, -0.1) is 0 Å². The summed E-state index contributed by atoms with van der Waals surface area (Å²) in [6, 6.07) is 8.65. The zero-order chi connectivity index (χ0) is 26.6. The molecule has 2 rings (SSSR count). The van der Waals surface area contributed by atoms with Gasteiger partial charge in [0.1, 0.15) is 5.83 Å². The average molecular weight is 502 g/mol. The Bertz CT molecular complexity index is 883. The molecule has 2 N–H and O–H groups in total. The number of halogens is 1. The standard InChI is InChI=1S/C30H44FNO4/c1-6-8-13-28(31)26(14-15-29(34)35-7-2)16-22(3)36-21-27(33)20-32-30(4,5)19-23-17-24-11-9-10-12-25(24)18-23/h6,8-13,22-23,27,32-33H,1,7,14-21H2,2-5H3/b13-8-,28-26+/t22-,27-/m1/s1. The third kappa shape index (κ3) is 10.8. The Morgan fingerprint density at radius 2 is 1.94 bits per heavy atom. The molecule has 0 bridgehead atoms. The van der Waals surface area contributed by atoms with E-state index in [0.29, 0.717) is 31.1 Å². The Labute approximate surface area is 216 Å². The van der Waals surface area contributed by atoms with E-state index >= 15 is 0 Å². The van der Waals surface area contributed by atoms with Crippen LogP contribution in [0.25, 0.3) is 0 Å². The van der Waals surface area contributed by atoms with Crippen LogP contribution in [0, 0.1) is 5.92 Å². The maximum Gasteiger partial charge on any atom is 0.306 e. The molecular formula is C30H44FNO4. The van der Waals surface area contributed by atoms with E-state index in [1.165, 1.54) is 29.4 Å². The van der Waals surface area contributed by atoms with E-state index in [2.05, 4.69) is 50.0 Å². The Balaban J connectivity index is 1.78. The molecule has 1 aromatic carbocycles. The number of carbonyl (C=O) groups is 1. The Morgan fingerprint density at radius 3 is 2.56 bits per heavy atom. The number of fused-ring (bicyclic) bond motifs is 1. The molecule has 0 fully saturated rings. The topological polar surface area (TPSA) is 67.8 Å². The number of aliphatic hydroxyl groups is 1. The van der Waals surface area contributed by atoms with E-state index in [0.717, 1.165) is 19.3 Å². The lowest BCUT2D eigenvalue weighted by Crippen LogP contribution is -2.46. The van der Waals surface area contributed by atoms with Crippen molar-refractivity contribution in [1.82, 2.24) is 5.32 Å². The second kappa shape index (κ2) is 15.1. The number of hydrogen-bond donors (Lipinski definition) is 2. The zero-order valence-electron chi connectivity index (χ0n) is 22.4. The van der Waals surface area contributed by atoms with Crippen molar-refractivity contribution in [3.05, 3.63) is 71.6 Å². The minimum absolute atomic E-state index is 0.108. The smallest absolute Gasteiger partial charge is 0.306 e. The first-order valence-electron chi connectivity index (χ1n) is 13.1. The van der Waals surface area contributed by atoms with Crippen LogP contribution in [-0.2, 0) is 27.1 Å². The fourth-order valence-electron chi connectivity index (χ4n) is 4.80. The van der Waals surface area contributed by atoms with Gasteiger partial charge in [0.05, 0.1) is 25.4 Å². The van der Waals surface area contributed by atoms with Crippen molar-refractivity contribution in [1.29, 1.82) is 0 Å². The molecule has 0 aliphatic heterocycles. The zero-order valence-corrected chi connectivity index (χ0v) is 22.4. The van der Waals surface area contributed by atoms with Gasteiger partial charge in [0, 0.05) is 18.5 Å². The van der Waals surface area contributed by atoms with Crippen LogP contribution in [0.4, 0.5) is 4.39 Å². The summed E-state index contributed by atoms with van der Waals surface area (Å²) in [6.07, 6.45) is 7.29. The molecular weight excluding hydrogens is 457 g/mol. The van der Waals surface area contributed by atoms with Gasteiger partial charge in [-0.05, 0) is 88.5 Å². The summed E-state index contributed by atoms with van der Waals surface area (Å²) in [5.74, 6) is -0.148. The molecule has 0 saturated heterocycles. The molecule has 0 heterocycles. The normalized spacial score (nSPS) is 16.5. The van der Waals surface area contributed by atoms with Crippen molar-refractivity contribution in [2.75, 3.05) is 19.8 Å². The molecule has 1 aliphatic carbocycles. The number of benzene rings is 1. The Morgan fingerprint density at radius 1 is 1.28 bits per heavy atom. The molecule has 1 aliphatic rings. The first-order chi connectivity index (χ1) is 17.1. The summed E-state index contributed by atoms with van der Waals surface area (Å²) in [7, 11) is 0. The van der Waals surface area contributed by atoms with Gasteiger partial charge in [0.15, 0.2) is 0 Å².